The van der Waals surface area contributed by atoms with E-state index in [1.54, 1.807) is 30.2 Å². The van der Waals surface area contributed by atoms with E-state index in [-0.39, 0.29) is 11.3 Å². The molecular formula is C22H25BrN2O4S. The Bertz CT molecular complexity index is 954. The number of amides is 1. The molecule has 0 saturated carbocycles. The maximum Gasteiger partial charge on any atom is 0.295 e. The second-order valence-electron chi connectivity index (χ2n) is 6.88. The van der Waals surface area contributed by atoms with Gasteiger partial charge in [-0.25, -0.2) is 0 Å². The Kier molecular flexibility index (Phi) is 7.33. The number of thiophene rings is 1. The zero-order valence-electron chi connectivity index (χ0n) is 17.2. The number of likely N-dealkylation sites (N-methyl/N-ethyl adjacent to an activating group) is 1. The van der Waals surface area contributed by atoms with Gasteiger partial charge in [0.1, 0.15) is 11.5 Å². The number of hydrogen-bond donors (Lipinski definition) is 1. The molecule has 1 atom stereocenters. The third kappa shape index (κ3) is 4.31. The minimum Gasteiger partial charge on any atom is -0.507 e. The summed E-state index contributed by atoms with van der Waals surface area (Å²) < 4.78 is 5.89. The first-order chi connectivity index (χ1) is 14.4. The van der Waals surface area contributed by atoms with Crippen LogP contribution in [0.3, 0.4) is 0 Å². The summed E-state index contributed by atoms with van der Waals surface area (Å²) >= 11 is 4.87. The first-order valence-corrected chi connectivity index (χ1v) is 11.5. The number of ether oxygens (including phenoxy) is 1. The van der Waals surface area contributed by atoms with Crippen LogP contribution in [0.1, 0.15) is 30.3 Å². The van der Waals surface area contributed by atoms with Crippen molar-refractivity contribution in [2.75, 3.05) is 33.3 Å². The molecule has 0 bridgehead atoms. The Labute approximate surface area is 188 Å². The van der Waals surface area contributed by atoms with E-state index >= 15 is 0 Å². The van der Waals surface area contributed by atoms with Crippen molar-refractivity contribution in [3.05, 3.63) is 56.2 Å². The maximum atomic E-state index is 13.0. The molecular weight excluding hydrogens is 468 g/mol. The number of likely N-dealkylation sites (tertiary alicyclic amines) is 1. The number of carbonyl (C=O) groups excluding carboxylic acids is 2. The molecule has 0 spiro atoms. The van der Waals surface area contributed by atoms with Crippen molar-refractivity contribution in [2.45, 2.75) is 19.9 Å². The number of carbonyl (C=O) groups is 2. The van der Waals surface area contributed by atoms with Gasteiger partial charge in [-0.1, -0.05) is 19.9 Å². The molecule has 1 aliphatic rings. The summed E-state index contributed by atoms with van der Waals surface area (Å²) in [6.45, 7) is 6.94. The van der Waals surface area contributed by atoms with Crippen LogP contribution in [0, 0.1) is 0 Å². The fourth-order valence-corrected chi connectivity index (χ4v) is 5.00. The van der Waals surface area contributed by atoms with Gasteiger partial charge in [-0.05, 0) is 58.7 Å². The second-order valence-corrected chi connectivity index (χ2v) is 8.72. The monoisotopic (exact) mass is 492 g/mol. The molecule has 1 saturated heterocycles. The molecule has 1 fully saturated rings. The Balaban J connectivity index is 2.05. The van der Waals surface area contributed by atoms with Crippen LogP contribution in [-0.2, 0) is 9.59 Å². The van der Waals surface area contributed by atoms with Gasteiger partial charge < -0.3 is 19.6 Å². The lowest BCUT2D eigenvalue weighted by atomic mass is 10.00. The smallest absolute Gasteiger partial charge is 0.295 e. The number of Topliss-reactive ketones (excluding diaryl/α,β-unsaturated/α-hetero) is 1. The van der Waals surface area contributed by atoms with Gasteiger partial charge in [-0.2, -0.15) is 0 Å². The molecule has 160 valence electrons. The fraction of sp³-hybridized carbons (Fsp3) is 0.364. The van der Waals surface area contributed by atoms with Crippen LogP contribution in [0.5, 0.6) is 5.75 Å². The predicted octanol–water partition coefficient (Wildman–Crippen LogP) is 4.28. The second kappa shape index (κ2) is 9.76. The predicted molar refractivity (Wildman–Crippen MR) is 122 cm³/mol. The average Bonchev–Trinajstić information content (AvgIpc) is 3.36. The number of aliphatic hydroxyl groups excluding tert-OH is 1. The van der Waals surface area contributed by atoms with E-state index in [1.807, 2.05) is 17.5 Å². The molecule has 2 heterocycles. The standard InChI is InChI=1S/C22H25BrN2O4S/c1-4-24(5-2)10-11-25-19(17-7-6-12-30-17)18(21(27)22(25)28)20(26)14-8-9-16(29-3)15(23)13-14/h6-9,12-13,19,26H,4-5,10-11H2,1-3H3/b20-18-. The summed E-state index contributed by atoms with van der Waals surface area (Å²) in [4.78, 5) is 30.5. The van der Waals surface area contributed by atoms with Gasteiger partial charge in [-0.3, -0.25) is 9.59 Å². The van der Waals surface area contributed by atoms with Crippen molar-refractivity contribution in [1.82, 2.24) is 9.80 Å². The van der Waals surface area contributed by atoms with Crippen LogP contribution in [0.2, 0.25) is 0 Å². The zero-order valence-corrected chi connectivity index (χ0v) is 19.6. The van der Waals surface area contributed by atoms with E-state index in [0.717, 1.165) is 18.0 Å². The minimum absolute atomic E-state index is 0.124. The molecule has 1 amide bonds. The van der Waals surface area contributed by atoms with E-state index in [0.29, 0.717) is 28.9 Å². The molecule has 1 unspecified atom stereocenters. The van der Waals surface area contributed by atoms with Gasteiger partial charge >= 0.3 is 0 Å². The number of nitrogens with zero attached hydrogens (tertiary/aromatic N) is 2. The van der Waals surface area contributed by atoms with Crippen molar-refractivity contribution in [3.63, 3.8) is 0 Å². The molecule has 2 aromatic rings. The molecule has 1 aromatic carbocycles. The van der Waals surface area contributed by atoms with Gasteiger partial charge in [0.25, 0.3) is 11.7 Å². The number of benzene rings is 1. The summed E-state index contributed by atoms with van der Waals surface area (Å²) in [6.07, 6.45) is 0. The van der Waals surface area contributed by atoms with Crippen LogP contribution in [0.15, 0.2) is 45.8 Å². The highest BCUT2D eigenvalue weighted by Gasteiger charge is 2.46. The Morgan fingerprint density at radius 2 is 2.00 bits per heavy atom. The van der Waals surface area contributed by atoms with Crippen molar-refractivity contribution in [1.29, 1.82) is 0 Å². The summed E-state index contributed by atoms with van der Waals surface area (Å²) in [5.41, 5.74) is 0.574. The number of halogens is 1. The van der Waals surface area contributed by atoms with Gasteiger partial charge in [0, 0.05) is 23.5 Å². The molecule has 1 aliphatic heterocycles. The van der Waals surface area contributed by atoms with E-state index in [9.17, 15) is 14.7 Å². The van der Waals surface area contributed by atoms with Gasteiger partial charge in [0.15, 0.2) is 0 Å². The SMILES string of the molecule is CCN(CC)CCN1C(=O)C(=O)/C(=C(\O)c2ccc(OC)c(Br)c2)C1c1cccs1. The molecule has 30 heavy (non-hydrogen) atoms. The summed E-state index contributed by atoms with van der Waals surface area (Å²) in [6, 6.07) is 8.24. The van der Waals surface area contributed by atoms with Crippen LogP contribution < -0.4 is 4.74 Å². The normalized spacial score (nSPS) is 18.4. The molecule has 0 radical (unpaired) electrons. The average molecular weight is 493 g/mol. The van der Waals surface area contributed by atoms with Crippen molar-refractivity contribution in [2.24, 2.45) is 0 Å². The van der Waals surface area contributed by atoms with Crippen LogP contribution >= 0.6 is 27.3 Å². The Hall–Kier alpha value is -2.16. The first-order valence-electron chi connectivity index (χ1n) is 9.80. The fourth-order valence-electron chi connectivity index (χ4n) is 3.61. The van der Waals surface area contributed by atoms with Gasteiger partial charge in [-0.15, -0.1) is 11.3 Å². The lowest BCUT2D eigenvalue weighted by molar-refractivity contribution is -0.140. The largest absolute Gasteiger partial charge is 0.507 e. The molecule has 0 aliphatic carbocycles. The van der Waals surface area contributed by atoms with E-state index < -0.39 is 17.7 Å². The molecule has 6 nitrogen and oxygen atoms in total. The summed E-state index contributed by atoms with van der Waals surface area (Å²) in [5, 5.41) is 13.0. The highest BCUT2D eigenvalue weighted by Crippen LogP contribution is 2.41. The first kappa shape index (κ1) is 22.5. The molecule has 8 heteroatoms. The topological polar surface area (TPSA) is 70.1 Å². The van der Waals surface area contributed by atoms with E-state index in [4.69, 9.17) is 4.74 Å². The quantitative estimate of drug-likeness (QED) is 0.338. The van der Waals surface area contributed by atoms with Gasteiger partial charge in [0.2, 0.25) is 0 Å². The molecule has 1 N–H and O–H groups in total. The molecule has 1 aromatic heterocycles. The summed E-state index contributed by atoms with van der Waals surface area (Å²) in [5.74, 6) is -0.798. The van der Waals surface area contributed by atoms with E-state index in [1.165, 1.54) is 11.3 Å². The maximum absolute atomic E-state index is 13.0. The number of ketones is 1. The molecule has 3 rings (SSSR count). The minimum atomic E-state index is -0.655. The third-order valence-electron chi connectivity index (χ3n) is 5.33. The highest BCUT2D eigenvalue weighted by atomic mass is 79.9. The van der Waals surface area contributed by atoms with E-state index in [2.05, 4.69) is 34.7 Å². The number of methoxy groups -OCH3 is 1. The van der Waals surface area contributed by atoms with Crippen LogP contribution in [0.25, 0.3) is 5.76 Å². The number of rotatable bonds is 8. The lowest BCUT2D eigenvalue weighted by Gasteiger charge is -2.27. The highest BCUT2D eigenvalue weighted by molar-refractivity contribution is 9.10. The van der Waals surface area contributed by atoms with Crippen molar-refractivity contribution >= 4 is 44.7 Å². The number of hydrogen-bond acceptors (Lipinski definition) is 6. The van der Waals surface area contributed by atoms with Crippen molar-refractivity contribution < 1.29 is 19.4 Å². The zero-order chi connectivity index (χ0) is 21.8. The third-order valence-corrected chi connectivity index (χ3v) is 6.87. The summed E-state index contributed by atoms with van der Waals surface area (Å²) in [7, 11) is 1.55. The van der Waals surface area contributed by atoms with Gasteiger partial charge in [0.05, 0.1) is 23.2 Å². The van der Waals surface area contributed by atoms with Crippen LogP contribution in [-0.4, -0.2) is 59.9 Å². The lowest BCUT2D eigenvalue weighted by Crippen LogP contribution is -2.37. The van der Waals surface area contributed by atoms with Crippen LogP contribution in [0.4, 0.5) is 0 Å². The van der Waals surface area contributed by atoms with Crippen molar-refractivity contribution in [3.8, 4) is 5.75 Å². The Morgan fingerprint density at radius 1 is 1.27 bits per heavy atom. The number of aliphatic hydroxyl groups is 1. The Morgan fingerprint density at radius 3 is 2.57 bits per heavy atom.